The predicted octanol–water partition coefficient (Wildman–Crippen LogP) is 2.94. The van der Waals surface area contributed by atoms with Gasteiger partial charge in [0.1, 0.15) is 5.82 Å². The quantitative estimate of drug-likeness (QED) is 0.765. The Morgan fingerprint density at radius 3 is 2.24 bits per heavy atom. The zero-order valence-electron chi connectivity index (χ0n) is 10.2. The Morgan fingerprint density at radius 1 is 1.29 bits per heavy atom. The number of aryl methyl sites for hydroxylation is 1. The lowest BCUT2D eigenvalue weighted by Gasteiger charge is -2.17. The number of carbonyl (C=O) groups excluding carboxylic acids is 1. The molecule has 0 fully saturated rings. The van der Waals surface area contributed by atoms with Gasteiger partial charge in [0.2, 0.25) is 0 Å². The smallest absolute Gasteiger partial charge is 0.292 e. The molecule has 1 rings (SSSR count). The Kier molecular flexibility index (Phi) is 5.64. The van der Waals surface area contributed by atoms with E-state index >= 15 is 0 Å². The fraction of sp³-hybridized carbons (Fsp3) is 0.455. The Hall–Kier alpha value is -1.59. The molecule has 3 nitrogen and oxygen atoms in total. The maximum absolute atomic E-state index is 12.1. The number of carbonyl (C=O) groups is 1. The molecule has 0 aliphatic carbocycles. The first-order chi connectivity index (χ1) is 7.82. The number of nitrogens with zero attached hydrogens (tertiary/aromatic N) is 2. The summed E-state index contributed by atoms with van der Waals surface area (Å²) >= 11 is 0. The van der Waals surface area contributed by atoms with Crippen LogP contribution < -0.4 is 4.90 Å². The zero-order valence-corrected chi connectivity index (χ0v) is 10.2. The number of amides is 1. The molecule has 0 unspecified atom stereocenters. The SMILES string of the molecule is CC.Cc1cccc(N(C)C(=O)C(F)(F)F)n1. The molecule has 0 radical (unpaired) electrons. The molecule has 96 valence electrons. The van der Waals surface area contributed by atoms with E-state index in [4.69, 9.17) is 0 Å². The van der Waals surface area contributed by atoms with Crippen molar-refractivity contribution in [2.75, 3.05) is 11.9 Å². The topological polar surface area (TPSA) is 33.2 Å². The number of halogens is 3. The van der Waals surface area contributed by atoms with E-state index in [0.29, 0.717) is 10.6 Å². The summed E-state index contributed by atoms with van der Waals surface area (Å²) in [5.74, 6) is -1.95. The average molecular weight is 248 g/mol. The highest BCUT2D eigenvalue weighted by Crippen LogP contribution is 2.21. The van der Waals surface area contributed by atoms with Gasteiger partial charge in [-0.25, -0.2) is 4.98 Å². The third kappa shape index (κ3) is 4.42. The van der Waals surface area contributed by atoms with Crippen LogP contribution in [0.3, 0.4) is 0 Å². The van der Waals surface area contributed by atoms with Crippen molar-refractivity contribution in [3.8, 4) is 0 Å². The lowest BCUT2D eigenvalue weighted by molar-refractivity contribution is -0.170. The highest BCUT2D eigenvalue weighted by molar-refractivity contribution is 5.95. The second kappa shape index (κ2) is 6.22. The summed E-state index contributed by atoms with van der Waals surface area (Å²) in [6.07, 6.45) is -4.87. The minimum absolute atomic E-state index is 0.0164. The first-order valence-corrected chi connectivity index (χ1v) is 5.11. The van der Waals surface area contributed by atoms with Crippen LogP contribution in [0, 0.1) is 6.92 Å². The number of alkyl halides is 3. The van der Waals surface area contributed by atoms with Crippen LogP contribution in [-0.2, 0) is 4.79 Å². The van der Waals surface area contributed by atoms with Gasteiger partial charge in [0.05, 0.1) is 0 Å². The predicted molar refractivity (Wildman–Crippen MR) is 59.8 cm³/mol. The fourth-order valence-electron chi connectivity index (χ4n) is 1.01. The van der Waals surface area contributed by atoms with Gasteiger partial charge in [-0.05, 0) is 19.1 Å². The van der Waals surface area contributed by atoms with E-state index in [2.05, 4.69) is 4.98 Å². The molecule has 1 amide bonds. The maximum Gasteiger partial charge on any atom is 0.471 e. The second-order valence-electron chi connectivity index (χ2n) is 3.00. The van der Waals surface area contributed by atoms with Crippen LogP contribution in [0.2, 0.25) is 0 Å². The van der Waals surface area contributed by atoms with Crippen molar-refractivity contribution >= 4 is 11.7 Å². The van der Waals surface area contributed by atoms with Crippen molar-refractivity contribution in [3.63, 3.8) is 0 Å². The van der Waals surface area contributed by atoms with Gasteiger partial charge in [-0.1, -0.05) is 19.9 Å². The van der Waals surface area contributed by atoms with Gasteiger partial charge in [0, 0.05) is 12.7 Å². The van der Waals surface area contributed by atoms with Gasteiger partial charge in [0.25, 0.3) is 0 Å². The van der Waals surface area contributed by atoms with Gasteiger partial charge in [-0.3, -0.25) is 9.69 Å². The van der Waals surface area contributed by atoms with E-state index < -0.39 is 12.1 Å². The van der Waals surface area contributed by atoms with Crippen LogP contribution >= 0.6 is 0 Å². The molecule has 0 aliphatic rings. The molecule has 0 aromatic carbocycles. The molecule has 1 heterocycles. The zero-order chi connectivity index (χ0) is 13.6. The molecule has 0 N–H and O–H groups in total. The van der Waals surface area contributed by atoms with Gasteiger partial charge < -0.3 is 0 Å². The minimum atomic E-state index is -4.87. The number of hydrogen-bond acceptors (Lipinski definition) is 2. The summed E-state index contributed by atoms with van der Waals surface area (Å²) in [6.45, 7) is 5.63. The molecule has 0 spiro atoms. The fourth-order valence-corrected chi connectivity index (χ4v) is 1.01. The van der Waals surface area contributed by atoms with Crippen LogP contribution in [0.25, 0.3) is 0 Å². The second-order valence-corrected chi connectivity index (χ2v) is 3.00. The molecule has 0 saturated carbocycles. The Balaban J connectivity index is 0.00000121. The van der Waals surface area contributed by atoms with Gasteiger partial charge >= 0.3 is 12.1 Å². The summed E-state index contributed by atoms with van der Waals surface area (Å²) in [5, 5.41) is 0. The highest BCUT2D eigenvalue weighted by atomic mass is 19.4. The van der Waals surface area contributed by atoms with E-state index in [-0.39, 0.29) is 5.82 Å². The largest absolute Gasteiger partial charge is 0.471 e. The lowest BCUT2D eigenvalue weighted by atomic mass is 10.3. The molecule has 0 saturated heterocycles. The average Bonchev–Trinajstić information content (AvgIpc) is 2.28. The molecule has 1 aromatic rings. The van der Waals surface area contributed by atoms with Crippen molar-refractivity contribution in [2.24, 2.45) is 0 Å². The van der Waals surface area contributed by atoms with Gasteiger partial charge in [-0.15, -0.1) is 0 Å². The summed E-state index contributed by atoms with van der Waals surface area (Å²) in [6, 6.07) is 4.52. The molecule has 0 atom stereocenters. The number of pyridine rings is 1. The third-order valence-electron chi connectivity index (χ3n) is 1.76. The first kappa shape index (κ1) is 15.4. The van der Waals surface area contributed by atoms with E-state index in [9.17, 15) is 18.0 Å². The number of hydrogen-bond donors (Lipinski definition) is 0. The first-order valence-electron chi connectivity index (χ1n) is 5.11. The standard InChI is InChI=1S/C9H9F3N2O.C2H6/c1-6-4-3-5-7(13-6)14(2)8(15)9(10,11)12;1-2/h3-5H,1-2H3;1-2H3. The van der Waals surface area contributed by atoms with Crippen molar-refractivity contribution < 1.29 is 18.0 Å². The van der Waals surface area contributed by atoms with E-state index in [0.717, 1.165) is 7.05 Å². The number of anilines is 1. The van der Waals surface area contributed by atoms with Crippen molar-refractivity contribution in [1.82, 2.24) is 4.98 Å². The molecule has 17 heavy (non-hydrogen) atoms. The monoisotopic (exact) mass is 248 g/mol. The van der Waals surface area contributed by atoms with Crippen molar-refractivity contribution in [3.05, 3.63) is 23.9 Å². The molecule has 0 aliphatic heterocycles. The molecular weight excluding hydrogens is 233 g/mol. The highest BCUT2D eigenvalue weighted by Gasteiger charge is 2.42. The van der Waals surface area contributed by atoms with E-state index in [1.54, 1.807) is 13.0 Å². The number of aromatic nitrogens is 1. The minimum Gasteiger partial charge on any atom is -0.292 e. The molecular formula is C11H15F3N2O. The Morgan fingerprint density at radius 2 is 1.82 bits per heavy atom. The Labute approximate surface area is 98.3 Å². The van der Waals surface area contributed by atoms with Crippen LogP contribution in [-0.4, -0.2) is 24.1 Å². The molecule has 1 aromatic heterocycles. The third-order valence-corrected chi connectivity index (χ3v) is 1.76. The van der Waals surface area contributed by atoms with E-state index in [1.165, 1.54) is 12.1 Å². The van der Waals surface area contributed by atoms with E-state index in [1.807, 2.05) is 13.8 Å². The van der Waals surface area contributed by atoms with Crippen LogP contribution in [0.15, 0.2) is 18.2 Å². The number of rotatable bonds is 1. The van der Waals surface area contributed by atoms with Gasteiger partial charge in [0.15, 0.2) is 0 Å². The summed E-state index contributed by atoms with van der Waals surface area (Å²) < 4.78 is 36.2. The van der Waals surface area contributed by atoms with Crippen LogP contribution in [0.1, 0.15) is 19.5 Å². The maximum atomic E-state index is 12.1. The normalized spacial score (nSPS) is 10.3. The molecule has 6 heteroatoms. The summed E-state index contributed by atoms with van der Waals surface area (Å²) in [4.78, 5) is 15.1. The summed E-state index contributed by atoms with van der Waals surface area (Å²) in [7, 11) is 1.04. The summed E-state index contributed by atoms with van der Waals surface area (Å²) in [5.41, 5.74) is 0.550. The lowest BCUT2D eigenvalue weighted by Crippen LogP contribution is -2.38. The van der Waals surface area contributed by atoms with Crippen LogP contribution in [0.5, 0.6) is 0 Å². The molecule has 0 bridgehead atoms. The van der Waals surface area contributed by atoms with Gasteiger partial charge in [-0.2, -0.15) is 13.2 Å². The Bertz CT molecular complexity index is 377. The van der Waals surface area contributed by atoms with Crippen molar-refractivity contribution in [1.29, 1.82) is 0 Å². The van der Waals surface area contributed by atoms with Crippen LogP contribution in [0.4, 0.5) is 19.0 Å². The van der Waals surface area contributed by atoms with Crippen molar-refractivity contribution in [2.45, 2.75) is 26.9 Å².